The highest BCUT2D eigenvalue weighted by molar-refractivity contribution is 6.44. The van der Waals surface area contributed by atoms with Crippen LogP contribution in [0.1, 0.15) is 0 Å². The van der Waals surface area contributed by atoms with Gasteiger partial charge in [-0.2, -0.15) is 0 Å². The molecule has 1 aromatic carbocycles. The van der Waals surface area contributed by atoms with Crippen LogP contribution in [0.2, 0.25) is 0 Å². The Morgan fingerprint density at radius 1 is 1.20 bits per heavy atom. The van der Waals surface area contributed by atoms with Crippen LogP contribution < -0.4 is 10.2 Å². The summed E-state index contributed by atoms with van der Waals surface area (Å²) >= 11 is 0. The van der Waals surface area contributed by atoms with Crippen molar-refractivity contribution in [1.29, 1.82) is 0 Å². The normalized spacial score (nSPS) is 9.85. The fourth-order valence-corrected chi connectivity index (χ4v) is 1.57. The highest BCUT2D eigenvalue weighted by Crippen LogP contribution is 2.17. The third-order valence-electron chi connectivity index (χ3n) is 2.66. The molecule has 0 bridgehead atoms. The van der Waals surface area contributed by atoms with E-state index in [1.807, 2.05) is 0 Å². The number of benzene rings is 1. The topological polar surface area (TPSA) is 82.5 Å². The predicted molar refractivity (Wildman–Crippen MR) is 74.4 cm³/mol. The number of hydrogen-bond donors (Lipinski definition) is 2. The molecule has 0 saturated carbocycles. The van der Waals surface area contributed by atoms with Crippen molar-refractivity contribution in [3.63, 3.8) is 0 Å². The minimum atomic E-state index is -0.756. The molecule has 102 valence electrons. The number of nitrogens with one attached hydrogen (secondary N) is 1. The first-order valence-electron chi connectivity index (χ1n) is 5.86. The molecular weight excluding hydrogens is 258 g/mol. The van der Waals surface area contributed by atoms with E-state index in [1.165, 1.54) is 30.3 Å². The Morgan fingerprint density at radius 2 is 1.90 bits per heavy atom. The van der Waals surface area contributed by atoms with Gasteiger partial charge in [-0.1, -0.05) is 0 Å². The summed E-state index contributed by atoms with van der Waals surface area (Å²) in [5.41, 5.74) is 0.957. The summed E-state index contributed by atoms with van der Waals surface area (Å²) in [6.07, 6.45) is 3.02. The molecule has 0 saturated heterocycles. The molecule has 0 aliphatic heterocycles. The maximum absolute atomic E-state index is 12.0. The van der Waals surface area contributed by atoms with Crippen LogP contribution in [0.3, 0.4) is 0 Å². The summed E-state index contributed by atoms with van der Waals surface area (Å²) < 4.78 is 0. The van der Waals surface area contributed by atoms with Gasteiger partial charge >= 0.3 is 11.8 Å². The van der Waals surface area contributed by atoms with E-state index in [2.05, 4.69) is 10.3 Å². The highest BCUT2D eigenvalue weighted by atomic mass is 16.3. The number of phenolic OH excluding ortho intramolecular Hbond substituents is 1. The van der Waals surface area contributed by atoms with Crippen molar-refractivity contribution < 1.29 is 14.7 Å². The number of anilines is 2. The van der Waals surface area contributed by atoms with Crippen LogP contribution in [-0.2, 0) is 9.59 Å². The van der Waals surface area contributed by atoms with Crippen molar-refractivity contribution in [2.45, 2.75) is 0 Å². The lowest BCUT2D eigenvalue weighted by molar-refractivity contribution is -0.134. The van der Waals surface area contributed by atoms with Gasteiger partial charge < -0.3 is 15.3 Å². The molecule has 2 N–H and O–H groups in total. The zero-order valence-electron chi connectivity index (χ0n) is 10.8. The maximum Gasteiger partial charge on any atom is 0.316 e. The van der Waals surface area contributed by atoms with E-state index < -0.39 is 11.8 Å². The van der Waals surface area contributed by atoms with Gasteiger partial charge in [-0.25, -0.2) is 0 Å². The smallest absolute Gasteiger partial charge is 0.316 e. The molecule has 0 spiro atoms. The van der Waals surface area contributed by atoms with E-state index in [0.717, 1.165) is 0 Å². The third kappa shape index (κ3) is 3.11. The molecule has 1 heterocycles. The minimum absolute atomic E-state index is 0.0920. The fraction of sp³-hybridized carbons (Fsp3) is 0.0714. The maximum atomic E-state index is 12.0. The lowest BCUT2D eigenvalue weighted by Crippen LogP contribution is -2.37. The first-order chi connectivity index (χ1) is 9.58. The Hall–Kier alpha value is -2.89. The molecule has 0 unspecified atom stereocenters. The number of rotatable bonds is 2. The molecule has 2 amide bonds. The summed E-state index contributed by atoms with van der Waals surface area (Å²) in [7, 11) is 1.48. The quantitative estimate of drug-likeness (QED) is 0.809. The molecular formula is C14H13N3O3. The molecule has 6 nitrogen and oxygen atoms in total. The molecule has 6 heteroatoms. The fourth-order valence-electron chi connectivity index (χ4n) is 1.57. The first-order valence-corrected chi connectivity index (χ1v) is 5.86. The Bertz CT molecular complexity index is 611. The summed E-state index contributed by atoms with van der Waals surface area (Å²) in [5, 5.41) is 11.7. The van der Waals surface area contributed by atoms with E-state index in [1.54, 1.807) is 30.5 Å². The average Bonchev–Trinajstić information content (AvgIpc) is 2.47. The second-order valence-corrected chi connectivity index (χ2v) is 4.08. The number of nitrogens with zero attached hydrogens (tertiary/aromatic N) is 2. The average molecular weight is 271 g/mol. The standard InChI is InChI=1S/C14H13N3O3/c1-17(11-4-6-12(18)7-5-11)14(20)13(19)16-10-3-2-8-15-9-10/h2-9,18H,1H3,(H,16,19). The molecule has 0 radical (unpaired) electrons. The SMILES string of the molecule is CN(C(=O)C(=O)Nc1cccnc1)c1ccc(O)cc1. The van der Waals surface area contributed by atoms with Crippen LogP contribution in [0.15, 0.2) is 48.8 Å². The van der Waals surface area contributed by atoms with Gasteiger partial charge in [0.1, 0.15) is 5.75 Å². The molecule has 0 aliphatic rings. The minimum Gasteiger partial charge on any atom is -0.508 e. The summed E-state index contributed by atoms with van der Waals surface area (Å²) in [6, 6.07) is 9.27. The van der Waals surface area contributed by atoms with E-state index in [9.17, 15) is 14.7 Å². The second kappa shape index (κ2) is 5.83. The number of carbonyl (C=O) groups is 2. The number of hydrogen-bond acceptors (Lipinski definition) is 4. The number of amides is 2. The number of aromatic nitrogens is 1. The van der Waals surface area contributed by atoms with Crippen molar-refractivity contribution in [2.75, 3.05) is 17.3 Å². The van der Waals surface area contributed by atoms with Crippen molar-refractivity contribution >= 4 is 23.2 Å². The number of carbonyl (C=O) groups excluding carboxylic acids is 2. The van der Waals surface area contributed by atoms with Crippen LogP contribution in [0.4, 0.5) is 11.4 Å². The lowest BCUT2D eigenvalue weighted by atomic mass is 10.2. The third-order valence-corrected chi connectivity index (χ3v) is 2.66. The number of likely N-dealkylation sites (N-methyl/N-ethyl adjacent to an activating group) is 1. The molecule has 20 heavy (non-hydrogen) atoms. The van der Waals surface area contributed by atoms with Crippen molar-refractivity contribution in [3.05, 3.63) is 48.8 Å². The summed E-state index contributed by atoms with van der Waals surface area (Å²) in [6.45, 7) is 0. The Morgan fingerprint density at radius 3 is 2.50 bits per heavy atom. The number of aromatic hydroxyl groups is 1. The van der Waals surface area contributed by atoms with Gasteiger partial charge in [0, 0.05) is 18.9 Å². The Kier molecular flexibility index (Phi) is 3.95. The van der Waals surface area contributed by atoms with Crippen LogP contribution in [0.5, 0.6) is 5.75 Å². The number of phenols is 1. The van der Waals surface area contributed by atoms with E-state index in [-0.39, 0.29) is 5.75 Å². The van der Waals surface area contributed by atoms with Crippen molar-refractivity contribution in [1.82, 2.24) is 4.98 Å². The van der Waals surface area contributed by atoms with Gasteiger partial charge in [0.05, 0.1) is 11.9 Å². The largest absolute Gasteiger partial charge is 0.508 e. The van der Waals surface area contributed by atoms with Crippen LogP contribution in [-0.4, -0.2) is 29.0 Å². The zero-order valence-corrected chi connectivity index (χ0v) is 10.8. The first kappa shape index (κ1) is 13.5. The van der Waals surface area contributed by atoms with Gasteiger partial charge in [0.25, 0.3) is 0 Å². The zero-order chi connectivity index (χ0) is 14.5. The molecule has 0 fully saturated rings. The Labute approximate surface area is 115 Å². The van der Waals surface area contributed by atoms with E-state index in [4.69, 9.17) is 0 Å². The van der Waals surface area contributed by atoms with E-state index in [0.29, 0.717) is 11.4 Å². The van der Waals surface area contributed by atoms with Crippen LogP contribution in [0.25, 0.3) is 0 Å². The highest BCUT2D eigenvalue weighted by Gasteiger charge is 2.20. The van der Waals surface area contributed by atoms with Gasteiger partial charge in [-0.15, -0.1) is 0 Å². The summed E-state index contributed by atoms with van der Waals surface area (Å²) in [4.78, 5) is 28.8. The molecule has 0 aliphatic carbocycles. The molecule has 1 aromatic heterocycles. The van der Waals surface area contributed by atoms with Gasteiger partial charge in [0.2, 0.25) is 0 Å². The summed E-state index contributed by atoms with van der Waals surface area (Å²) in [5.74, 6) is -1.37. The van der Waals surface area contributed by atoms with Crippen LogP contribution >= 0.6 is 0 Å². The van der Waals surface area contributed by atoms with Gasteiger partial charge in [-0.05, 0) is 36.4 Å². The molecule has 0 atom stereocenters. The van der Waals surface area contributed by atoms with Gasteiger partial charge in [0.15, 0.2) is 0 Å². The second-order valence-electron chi connectivity index (χ2n) is 4.08. The lowest BCUT2D eigenvalue weighted by Gasteiger charge is -2.16. The van der Waals surface area contributed by atoms with Crippen molar-refractivity contribution in [2.24, 2.45) is 0 Å². The predicted octanol–water partition coefficient (Wildman–Crippen LogP) is 1.39. The van der Waals surface area contributed by atoms with Gasteiger partial charge in [-0.3, -0.25) is 14.6 Å². The molecule has 2 aromatic rings. The van der Waals surface area contributed by atoms with E-state index >= 15 is 0 Å². The van der Waals surface area contributed by atoms with Crippen LogP contribution in [0, 0.1) is 0 Å². The molecule has 2 rings (SSSR count). The monoisotopic (exact) mass is 271 g/mol. The van der Waals surface area contributed by atoms with Crippen molar-refractivity contribution in [3.8, 4) is 5.75 Å². The Balaban J connectivity index is 2.06. The number of pyridine rings is 1.